The van der Waals surface area contributed by atoms with E-state index >= 15 is 0 Å². The Kier molecular flexibility index (Phi) is 5.31. The molecule has 0 spiro atoms. The Morgan fingerprint density at radius 2 is 1.85 bits per heavy atom. The van der Waals surface area contributed by atoms with Gasteiger partial charge in [-0.25, -0.2) is 0 Å². The number of amides is 1. The molecule has 0 aliphatic carbocycles. The third kappa shape index (κ3) is 4.27. The highest BCUT2D eigenvalue weighted by atomic mass is 16.5. The molecule has 3 aromatic rings. The van der Waals surface area contributed by atoms with Crippen LogP contribution in [-0.4, -0.2) is 23.2 Å². The van der Waals surface area contributed by atoms with Gasteiger partial charge in [-0.05, 0) is 31.5 Å². The summed E-state index contributed by atoms with van der Waals surface area (Å²) in [6.07, 6.45) is 0.617. The molecule has 0 aliphatic rings. The molecule has 2 aromatic carbocycles. The van der Waals surface area contributed by atoms with Gasteiger partial charge in [0.2, 0.25) is 17.6 Å². The van der Waals surface area contributed by atoms with Crippen molar-refractivity contribution < 1.29 is 14.1 Å². The van der Waals surface area contributed by atoms with Gasteiger partial charge in [0.05, 0.1) is 12.8 Å². The maximum atomic E-state index is 12.2. The first-order chi connectivity index (χ1) is 12.5. The molecule has 134 valence electrons. The molecule has 6 nitrogen and oxygen atoms in total. The second-order valence-electron chi connectivity index (χ2n) is 6.13. The quantitative estimate of drug-likeness (QED) is 0.728. The Morgan fingerprint density at radius 3 is 2.58 bits per heavy atom. The fourth-order valence-electron chi connectivity index (χ4n) is 2.53. The van der Waals surface area contributed by atoms with Crippen LogP contribution in [0, 0.1) is 13.8 Å². The van der Waals surface area contributed by atoms with Crippen molar-refractivity contribution in [1.29, 1.82) is 0 Å². The molecule has 0 saturated heterocycles. The maximum Gasteiger partial charge on any atom is 0.227 e. The zero-order valence-electron chi connectivity index (χ0n) is 15.1. The number of hydrogen-bond donors (Lipinski definition) is 1. The third-order valence-corrected chi connectivity index (χ3v) is 3.97. The molecule has 1 heterocycles. The zero-order valence-corrected chi connectivity index (χ0v) is 15.1. The number of nitrogens with zero attached hydrogens (tertiary/aromatic N) is 2. The number of carbonyl (C=O) groups is 1. The topological polar surface area (TPSA) is 77.2 Å². The lowest BCUT2D eigenvalue weighted by molar-refractivity contribution is -0.116. The smallest absolute Gasteiger partial charge is 0.227 e. The van der Waals surface area contributed by atoms with Gasteiger partial charge in [-0.2, -0.15) is 4.98 Å². The number of hydrogen-bond acceptors (Lipinski definition) is 5. The van der Waals surface area contributed by atoms with Gasteiger partial charge in [-0.15, -0.1) is 0 Å². The summed E-state index contributed by atoms with van der Waals surface area (Å²) in [4.78, 5) is 16.6. The van der Waals surface area contributed by atoms with Gasteiger partial charge < -0.3 is 14.6 Å². The molecule has 6 heteroatoms. The minimum atomic E-state index is -0.135. The summed E-state index contributed by atoms with van der Waals surface area (Å²) in [5, 5.41) is 6.84. The van der Waals surface area contributed by atoms with E-state index in [0.29, 0.717) is 29.6 Å². The molecule has 0 fully saturated rings. The fraction of sp³-hybridized carbons (Fsp3) is 0.250. The second-order valence-corrected chi connectivity index (χ2v) is 6.13. The highest BCUT2D eigenvalue weighted by molar-refractivity contribution is 5.92. The van der Waals surface area contributed by atoms with Crippen LogP contribution in [0.2, 0.25) is 0 Å². The van der Waals surface area contributed by atoms with Crippen LogP contribution in [0.5, 0.6) is 5.75 Å². The van der Waals surface area contributed by atoms with Crippen molar-refractivity contribution in [3.05, 3.63) is 59.5 Å². The molecule has 1 aromatic heterocycles. The van der Waals surface area contributed by atoms with Crippen molar-refractivity contribution in [3.63, 3.8) is 0 Å². The summed E-state index contributed by atoms with van der Waals surface area (Å²) in [5.74, 6) is 1.46. The van der Waals surface area contributed by atoms with Crippen LogP contribution >= 0.6 is 0 Å². The minimum Gasteiger partial charge on any atom is -0.495 e. The van der Waals surface area contributed by atoms with E-state index in [1.54, 1.807) is 7.11 Å². The van der Waals surface area contributed by atoms with Gasteiger partial charge in [-0.3, -0.25) is 4.79 Å². The molecule has 0 saturated carbocycles. The normalized spacial score (nSPS) is 10.6. The van der Waals surface area contributed by atoms with E-state index in [1.165, 1.54) is 5.56 Å². The molecule has 0 atom stereocenters. The predicted molar refractivity (Wildman–Crippen MR) is 99.2 cm³/mol. The largest absolute Gasteiger partial charge is 0.495 e. The molecule has 0 radical (unpaired) electrons. The van der Waals surface area contributed by atoms with Crippen molar-refractivity contribution in [2.75, 3.05) is 12.4 Å². The Morgan fingerprint density at radius 1 is 1.12 bits per heavy atom. The number of aryl methyl sites for hydroxylation is 3. The first-order valence-electron chi connectivity index (χ1n) is 8.39. The van der Waals surface area contributed by atoms with E-state index in [1.807, 2.05) is 56.3 Å². The van der Waals surface area contributed by atoms with Crippen LogP contribution in [0.4, 0.5) is 5.69 Å². The van der Waals surface area contributed by atoms with E-state index in [9.17, 15) is 4.79 Å². The molecule has 0 aliphatic heterocycles. The predicted octanol–water partition coefficient (Wildman–Crippen LogP) is 3.93. The van der Waals surface area contributed by atoms with Crippen LogP contribution < -0.4 is 10.1 Å². The Bertz CT molecular complexity index is 901. The Labute approximate surface area is 152 Å². The van der Waals surface area contributed by atoms with Crippen LogP contribution in [0.25, 0.3) is 11.4 Å². The second kappa shape index (κ2) is 7.82. The third-order valence-electron chi connectivity index (χ3n) is 3.97. The van der Waals surface area contributed by atoms with E-state index < -0.39 is 0 Å². The summed E-state index contributed by atoms with van der Waals surface area (Å²) in [5.41, 5.74) is 3.75. The molecular formula is C20H21N3O3. The lowest BCUT2D eigenvalue weighted by atomic mass is 10.1. The average molecular weight is 351 g/mol. The SMILES string of the molecule is COc1ccc(C)cc1NC(=O)CCc1nc(-c2ccc(C)cc2)no1. The number of methoxy groups -OCH3 is 1. The van der Waals surface area contributed by atoms with Crippen molar-refractivity contribution in [2.45, 2.75) is 26.7 Å². The zero-order chi connectivity index (χ0) is 18.5. The lowest BCUT2D eigenvalue weighted by Gasteiger charge is -2.10. The standard InChI is InChI=1S/C20H21N3O3/c1-13-4-7-15(8-5-13)20-22-19(26-23-20)11-10-18(24)21-16-12-14(2)6-9-17(16)25-3/h4-9,12H,10-11H2,1-3H3,(H,21,24). The van der Waals surface area contributed by atoms with Gasteiger partial charge in [0.1, 0.15) is 5.75 Å². The van der Waals surface area contributed by atoms with Crippen LogP contribution in [0.1, 0.15) is 23.4 Å². The number of nitrogens with one attached hydrogen (secondary N) is 1. The molecule has 1 N–H and O–H groups in total. The lowest BCUT2D eigenvalue weighted by Crippen LogP contribution is -2.13. The molecule has 26 heavy (non-hydrogen) atoms. The number of carbonyl (C=O) groups excluding carboxylic acids is 1. The molecule has 1 amide bonds. The number of anilines is 1. The minimum absolute atomic E-state index is 0.135. The van der Waals surface area contributed by atoms with Crippen LogP contribution in [0.15, 0.2) is 47.0 Å². The van der Waals surface area contributed by atoms with E-state index in [-0.39, 0.29) is 12.3 Å². The number of aromatic nitrogens is 2. The first-order valence-corrected chi connectivity index (χ1v) is 8.39. The summed E-state index contributed by atoms with van der Waals surface area (Å²) in [7, 11) is 1.57. The Hall–Kier alpha value is -3.15. The van der Waals surface area contributed by atoms with Gasteiger partial charge in [0.15, 0.2) is 0 Å². The van der Waals surface area contributed by atoms with E-state index in [2.05, 4.69) is 15.5 Å². The molecule has 3 rings (SSSR count). The fourth-order valence-corrected chi connectivity index (χ4v) is 2.53. The average Bonchev–Trinajstić information content (AvgIpc) is 3.10. The molecule has 0 bridgehead atoms. The maximum absolute atomic E-state index is 12.2. The summed E-state index contributed by atoms with van der Waals surface area (Å²) in [6.45, 7) is 3.98. The first kappa shape index (κ1) is 17.7. The number of benzene rings is 2. The van der Waals surface area contributed by atoms with Gasteiger partial charge >= 0.3 is 0 Å². The number of rotatable bonds is 6. The van der Waals surface area contributed by atoms with Gasteiger partial charge in [-0.1, -0.05) is 41.1 Å². The van der Waals surface area contributed by atoms with Gasteiger partial charge in [0.25, 0.3) is 0 Å². The van der Waals surface area contributed by atoms with Crippen LogP contribution in [0.3, 0.4) is 0 Å². The summed E-state index contributed by atoms with van der Waals surface area (Å²) >= 11 is 0. The Balaban J connectivity index is 1.60. The van der Waals surface area contributed by atoms with Crippen molar-refractivity contribution in [1.82, 2.24) is 10.1 Å². The highest BCUT2D eigenvalue weighted by Crippen LogP contribution is 2.25. The molecular weight excluding hydrogens is 330 g/mol. The van der Waals surface area contributed by atoms with Crippen LogP contribution in [-0.2, 0) is 11.2 Å². The van der Waals surface area contributed by atoms with Crippen molar-refractivity contribution >= 4 is 11.6 Å². The van der Waals surface area contributed by atoms with Gasteiger partial charge in [0, 0.05) is 18.4 Å². The van der Waals surface area contributed by atoms with E-state index in [4.69, 9.17) is 9.26 Å². The van der Waals surface area contributed by atoms with Crippen molar-refractivity contribution in [3.8, 4) is 17.1 Å². The number of ether oxygens (including phenoxy) is 1. The highest BCUT2D eigenvalue weighted by Gasteiger charge is 2.12. The summed E-state index contributed by atoms with van der Waals surface area (Å²) < 4.78 is 10.5. The van der Waals surface area contributed by atoms with Crippen molar-refractivity contribution in [2.24, 2.45) is 0 Å². The molecule has 0 unspecified atom stereocenters. The summed E-state index contributed by atoms with van der Waals surface area (Å²) in [6, 6.07) is 13.5. The monoisotopic (exact) mass is 351 g/mol. The van der Waals surface area contributed by atoms with E-state index in [0.717, 1.165) is 11.1 Å².